The molecule has 3 aromatic carbocycles. The lowest BCUT2D eigenvalue weighted by atomic mass is 9.94. The predicted molar refractivity (Wildman–Crippen MR) is 171 cm³/mol. The minimum atomic E-state index is -1.29. The van der Waals surface area contributed by atoms with Gasteiger partial charge in [0.2, 0.25) is 5.82 Å². The third kappa shape index (κ3) is 10.6. The molecular weight excluding hydrogens is 565 g/mol. The number of hydrogen-bond acceptors (Lipinski definition) is 3. The van der Waals surface area contributed by atoms with Crippen LogP contribution in [0.4, 0.5) is 13.2 Å². The third-order valence-electron chi connectivity index (χ3n) is 7.86. The molecule has 240 valence electrons. The van der Waals surface area contributed by atoms with Gasteiger partial charge >= 0.3 is 5.97 Å². The van der Waals surface area contributed by atoms with Crippen LogP contribution in [0.15, 0.2) is 48.5 Å². The molecule has 0 spiro atoms. The fourth-order valence-electron chi connectivity index (χ4n) is 5.26. The Morgan fingerprint density at radius 1 is 0.591 bits per heavy atom. The maximum absolute atomic E-state index is 15.3. The van der Waals surface area contributed by atoms with E-state index in [1.807, 2.05) is 0 Å². The zero-order valence-corrected chi connectivity index (χ0v) is 26.2. The second-order valence-corrected chi connectivity index (χ2v) is 11.4. The number of hydrogen-bond donors (Lipinski definition) is 1. The lowest BCUT2D eigenvalue weighted by molar-refractivity contribution is 0.0697. The Kier molecular flexibility index (Phi) is 15.1. The topological polar surface area (TPSA) is 55.8 Å². The Morgan fingerprint density at radius 2 is 1.09 bits per heavy atom. The number of carboxylic acid groups (broad SMARTS) is 1. The van der Waals surface area contributed by atoms with Crippen molar-refractivity contribution in [1.82, 2.24) is 0 Å². The van der Waals surface area contributed by atoms with Crippen LogP contribution in [0.2, 0.25) is 0 Å². The monoisotopic (exact) mass is 612 g/mol. The molecule has 0 aliphatic carbocycles. The van der Waals surface area contributed by atoms with Crippen LogP contribution in [-0.4, -0.2) is 24.3 Å². The average molecular weight is 613 g/mol. The molecule has 0 radical (unpaired) electrons. The van der Waals surface area contributed by atoms with Gasteiger partial charge < -0.3 is 14.6 Å². The smallest absolute Gasteiger partial charge is 0.336 e. The largest absolute Gasteiger partial charge is 0.491 e. The highest BCUT2D eigenvalue weighted by molar-refractivity contribution is 5.97. The lowest BCUT2D eigenvalue weighted by Crippen LogP contribution is -2.04. The van der Waals surface area contributed by atoms with Gasteiger partial charge in [-0.1, -0.05) is 103 Å². The molecule has 0 unspecified atom stereocenters. The summed E-state index contributed by atoms with van der Waals surface area (Å²) in [6, 6.07) is 11.4. The van der Waals surface area contributed by atoms with Gasteiger partial charge in [0.1, 0.15) is 0 Å². The average Bonchev–Trinajstić information content (AvgIpc) is 3.02. The molecule has 3 rings (SSSR count). The van der Waals surface area contributed by atoms with Gasteiger partial charge in [-0.25, -0.2) is 13.6 Å². The van der Waals surface area contributed by atoms with E-state index in [4.69, 9.17) is 9.47 Å². The van der Waals surface area contributed by atoms with Crippen LogP contribution >= 0.6 is 0 Å². The molecule has 7 heteroatoms. The first-order valence-corrected chi connectivity index (χ1v) is 16.3. The Bertz CT molecular complexity index is 1320. The second-order valence-electron chi connectivity index (χ2n) is 11.4. The first-order chi connectivity index (χ1) is 21.4. The molecule has 0 atom stereocenters. The Labute approximate surface area is 260 Å². The molecule has 44 heavy (non-hydrogen) atoms. The van der Waals surface area contributed by atoms with E-state index in [1.165, 1.54) is 87.4 Å². The molecule has 0 fully saturated rings. The fourth-order valence-corrected chi connectivity index (χ4v) is 5.26. The molecule has 0 aliphatic rings. The van der Waals surface area contributed by atoms with Crippen molar-refractivity contribution < 1.29 is 32.5 Å². The van der Waals surface area contributed by atoms with Crippen molar-refractivity contribution >= 4 is 5.97 Å². The number of rotatable bonds is 21. The highest BCUT2D eigenvalue weighted by Crippen LogP contribution is 2.36. The summed E-state index contributed by atoms with van der Waals surface area (Å²) in [6.07, 6.45) is 15.4. The van der Waals surface area contributed by atoms with Crippen molar-refractivity contribution in [3.8, 4) is 33.8 Å². The molecule has 0 aliphatic heterocycles. The van der Waals surface area contributed by atoms with E-state index in [1.54, 1.807) is 6.07 Å². The van der Waals surface area contributed by atoms with E-state index >= 15 is 8.78 Å². The zero-order valence-electron chi connectivity index (χ0n) is 26.2. The van der Waals surface area contributed by atoms with Crippen LogP contribution in [0, 0.1) is 17.5 Å². The maximum atomic E-state index is 15.3. The SMILES string of the molecule is CCCCCCCCCCOc1ccc(-c2cc(-c3ccc(OCCCCCCCC)c(F)c3)ccc2C(=O)O)c(F)c1F. The van der Waals surface area contributed by atoms with Gasteiger partial charge in [0.15, 0.2) is 23.1 Å². The molecule has 0 heterocycles. The molecule has 4 nitrogen and oxygen atoms in total. The van der Waals surface area contributed by atoms with Crippen molar-refractivity contribution in [2.75, 3.05) is 13.2 Å². The summed E-state index contributed by atoms with van der Waals surface area (Å²) in [5.41, 5.74) is 0.504. The number of halogens is 3. The molecule has 0 bridgehead atoms. The van der Waals surface area contributed by atoms with E-state index in [-0.39, 0.29) is 34.8 Å². The molecule has 3 aromatic rings. The number of benzene rings is 3. The van der Waals surface area contributed by atoms with Crippen LogP contribution in [0.25, 0.3) is 22.3 Å². The maximum Gasteiger partial charge on any atom is 0.336 e. The van der Waals surface area contributed by atoms with Crippen molar-refractivity contribution in [1.29, 1.82) is 0 Å². The summed E-state index contributed by atoms with van der Waals surface area (Å²) in [4.78, 5) is 12.0. The fraction of sp³-hybridized carbons (Fsp3) is 0.486. The standard InChI is InChI=1S/C37H47F3O4/c1-3-5-7-9-11-12-14-16-24-44-34-22-20-29(35(39)36(34)40)31-25-27(17-19-30(31)37(41)42)28-18-21-33(32(38)26-28)43-23-15-13-10-8-6-4-2/h17-22,25-26H,3-16,23-24H2,1-2H3,(H,41,42). The Hall–Kier alpha value is -3.48. The summed E-state index contributed by atoms with van der Waals surface area (Å²) in [5, 5.41) is 9.78. The molecule has 0 aromatic heterocycles. The van der Waals surface area contributed by atoms with Gasteiger partial charge in [0.25, 0.3) is 0 Å². The molecule has 0 saturated heterocycles. The highest BCUT2D eigenvalue weighted by atomic mass is 19.2. The molecule has 0 saturated carbocycles. The van der Waals surface area contributed by atoms with E-state index in [0.29, 0.717) is 17.7 Å². The van der Waals surface area contributed by atoms with Gasteiger partial charge in [-0.05, 0) is 65.9 Å². The van der Waals surface area contributed by atoms with Crippen LogP contribution in [0.3, 0.4) is 0 Å². The van der Waals surface area contributed by atoms with E-state index in [9.17, 15) is 14.3 Å². The summed E-state index contributed by atoms with van der Waals surface area (Å²) < 4.78 is 56.4. The van der Waals surface area contributed by atoms with Crippen molar-refractivity contribution in [2.24, 2.45) is 0 Å². The number of aromatic carboxylic acids is 1. The number of carboxylic acids is 1. The van der Waals surface area contributed by atoms with Crippen LogP contribution in [-0.2, 0) is 0 Å². The van der Waals surface area contributed by atoms with Gasteiger partial charge in [0, 0.05) is 5.56 Å². The molecular formula is C37H47F3O4. The summed E-state index contributed by atoms with van der Waals surface area (Å²) in [7, 11) is 0. The minimum absolute atomic E-state index is 0.00942. The third-order valence-corrected chi connectivity index (χ3v) is 7.86. The predicted octanol–water partition coefficient (Wildman–Crippen LogP) is 11.4. The summed E-state index contributed by atoms with van der Waals surface area (Å²) in [6.45, 7) is 5.04. The van der Waals surface area contributed by atoms with Crippen LogP contribution in [0.5, 0.6) is 11.5 Å². The van der Waals surface area contributed by atoms with E-state index in [2.05, 4.69) is 13.8 Å². The number of ether oxygens (including phenoxy) is 2. The zero-order chi connectivity index (χ0) is 31.7. The Balaban J connectivity index is 1.68. The molecule has 1 N–H and O–H groups in total. The second kappa shape index (κ2) is 19.0. The molecule has 0 amide bonds. The minimum Gasteiger partial charge on any atom is -0.491 e. The van der Waals surface area contributed by atoms with E-state index < -0.39 is 23.4 Å². The van der Waals surface area contributed by atoms with Gasteiger partial charge in [-0.3, -0.25) is 0 Å². The van der Waals surface area contributed by atoms with Crippen molar-refractivity contribution in [2.45, 2.75) is 104 Å². The van der Waals surface area contributed by atoms with Crippen LogP contribution < -0.4 is 9.47 Å². The highest BCUT2D eigenvalue weighted by Gasteiger charge is 2.21. The number of carbonyl (C=O) groups is 1. The van der Waals surface area contributed by atoms with E-state index in [0.717, 1.165) is 44.9 Å². The number of unbranched alkanes of at least 4 members (excludes halogenated alkanes) is 12. The van der Waals surface area contributed by atoms with Crippen molar-refractivity contribution in [3.63, 3.8) is 0 Å². The van der Waals surface area contributed by atoms with Crippen LogP contribution in [0.1, 0.15) is 114 Å². The summed E-state index contributed by atoms with van der Waals surface area (Å²) in [5.74, 6) is -4.26. The van der Waals surface area contributed by atoms with Crippen molar-refractivity contribution in [3.05, 3.63) is 71.5 Å². The normalized spacial score (nSPS) is 11.1. The quantitative estimate of drug-likeness (QED) is 0.122. The Morgan fingerprint density at radius 3 is 1.66 bits per heavy atom. The first kappa shape index (κ1) is 35.0. The van der Waals surface area contributed by atoms with Gasteiger partial charge in [-0.15, -0.1) is 0 Å². The van der Waals surface area contributed by atoms with Gasteiger partial charge in [-0.2, -0.15) is 4.39 Å². The van der Waals surface area contributed by atoms with Gasteiger partial charge in [0.05, 0.1) is 18.8 Å². The lowest BCUT2D eigenvalue weighted by Gasteiger charge is -2.14. The first-order valence-electron chi connectivity index (χ1n) is 16.3. The summed E-state index contributed by atoms with van der Waals surface area (Å²) >= 11 is 0.